The summed E-state index contributed by atoms with van der Waals surface area (Å²) in [7, 11) is 3.55. The minimum absolute atomic E-state index is 0.00609. The van der Waals surface area contributed by atoms with Crippen LogP contribution >= 0.6 is 11.8 Å². The molecule has 1 aliphatic carbocycles. The van der Waals surface area contributed by atoms with Gasteiger partial charge in [0.1, 0.15) is 24.1 Å². The normalized spacial score (nSPS) is 33.3. The third-order valence-corrected chi connectivity index (χ3v) is 12.4. The molecule has 2 aromatic carbocycles. The van der Waals surface area contributed by atoms with Gasteiger partial charge in [0, 0.05) is 47.4 Å². The zero-order valence-electron chi connectivity index (χ0n) is 27.4. The van der Waals surface area contributed by atoms with E-state index in [0.717, 1.165) is 34.2 Å². The van der Waals surface area contributed by atoms with Gasteiger partial charge < -0.3 is 39.2 Å². The Labute approximate surface area is 277 Å². The monoisotopic (exact) mass is 667 g/mol. The molecule has 0 aromatic heterocycles. The number of nitrogens with one attached hydrogen (secondary N) is 1. The Kier molecular flexibility index (Phi) is 7.20. The number of phenolic OH excluding ortho intramolecular Hbond substituents is 1. The number of methoxy groups -OCH3 is 1. The number of ether oxygens (including phenoxy) is 5. The molecule has 252 valence electrons. The van der Waals surface area contributed by atoms with Crippen molar-refractivity contribution >= 4 is 23.7 Å². The number of aryl methyl sites for hydroxylation is 1. The van der Waals surface area contributed by atoms with E-state index in [-0.39, 0.29) is 24.6 Å². The van der Waals surface area contributed by atoms with E-state index in [2.05, 4.69) is 21.2 Å². The van der Waals surface area contributed by atoms with Crippen molar-refractivity contribution in [3.05, 3.63) is 39.4 Å². The average molecular weight is 668 g/mol. The van der Waals surface area contributed by atoms with Crippen LogP contribution in [0.2, 0.25) is 0 Å². The lowest BCUT2D eigenvalue weighted by atomic mass is 9.72. The second kappa shape index (κ2) is 10.9. The summed E-state index contributed by atoms with van der Waals surface area (Å²) >= 11 is 1.56. The lowest BCUT2D eigenvalue weighted by molar-refractivity contribution is -0.189. The standard InChI is InChI=1S/C34H41N3O9S/c1-7-8-35-18-12-47-31-22-23(30-29(43-13-44-30)15(3)28(22)45-16(4)38)34(11-20(34)46-33(18)41)37-25(31)24-21-17(10-19(32(37)40)36(24)5)9-14(2)27(42-6)26(21)39/h9,18-20,24-25,31-32,35,39-40H,7-8,10-13H2,1-6H3/t18-,19-,20?,24+,25?,31+,32-,34?/m0/s1. The highest BCUT2D eigenvalue weighted by Gasteiger charge is 2.74. The van der Waals surface area contributed by atoms with Gasteiger partial charge in [-0.15, -0.1) is 11.8 Å². The Hall–Kier alpha value is -3.23. The molecule has 3 N–H and O–H groups in total. The van der Waals surface area contributed by atoms with Crippen LogP contribution in [0.5, 0.6) is 28.7 Å². The largest absolute Gasteiger partial charge is 0.504 e. The molecule has 3 unspecified atom stereocenters. The minimum atomic E-state index is -0.987. The second-order valence-corrected chi connectivity index (χ2v) is 14.7. The average Bonchev–Trinajstić information content (AvgIpc) is 3.47. The molecule has 9 rings (SSSR count). The summed E-state index contributed by atoms with van der Waals surface area (Å²) < 4.78 is 30.3. The molecule has 3 fully saturated rings. The van der Waals surface area contributed by atoms with E-state index in [4.69, 9.17) is 23.7 Å². The van der Waals surface area contributed by atoms with Crippen molar-refractivity contribution in [2.75, 3.05) is 33.2 Å². The van der Waals surface area contributed by atoms with Crippen molar-refractivity contribution in [1.82, 2.24) is 15.1 Å². The number of fused-ring (bicyclic) bond motifs is 9. The number of aliphatic hydroxyl groups excluding tert-OH is 1. The molecule has 2 saturated heterocycles. The van der Waals surface area contributed by atoms with Crippen LogP contribution in [0.25, 0.3) is 0 Å². The quantitative estimate of drug-likeness (QED) is 0.319. The van der Waals surface area contributed by atoms with Gasteiger partial charge in [0.15, 0.2) is 23.0 Å². The van der Waals surface area contributed by atoms with Gasteiger partial charge in [0.25, 0.3) is 0 Å². The Morgan fingerprint density at radius 2 is 1.98 bits per heavy atom. The maximum atomic E-state index is 13.7. The zero-order chi connectivity index (χ0) is 33.1. The van der Waals surface area contributed by atoms with Crippen LogP contribution in [0.1, 0.15) is 71.4 Å². The summed E-state index contributed by atoms with van der Waals surface area (Å²) in [5.74, 6) is 1.52. The van der Waals surface area contributed by atoms with Crippen LogP contribution < -0.4 is 24.3 Å². The van der Waals surface area contributed by atoms with Crippen molar-refractivity contribution in [3.63, 3.8) is 0 Å². The first-order valence-electron chi connectivity index (χ1n) is 16.3. The van der Waals surface area contributed by atoms with E-state index < -0.39 is 47.2 Å². The summed E-state index contributed by atoms with van der Waals surface area (Å²) in [6.07, 6.45) is 0.204. The first-order valence-corrected chi connectivity index (χ1v) is 17.4. The van der Waals surface area contributed by atoms with E-state index in [0.29, 0.717) is 53.7 Å². The Bertz CT molecular complexity index is 1700. The molecule has 47 heavy (non-hydrogen) atoms. The van der Waals surface area contributed by atoms with Crippen LogP contribution in [0.15, 0.2) is 6.07 Å². The molecule has 7 aliphatic rings. The minimum Gasteiger partial charge on any atom is -0.504 e. The van der Waals surface area contributed by atoms with E-state index in [9.17, 15) is 19.8 Å². The molecule has 2 aromatic rings. The van der Waals surface area contributed by atoms with Crippen molar-refractivity contribution in [2.45, 2.75) is 94.2 Å². The van der Waals surface area contributed by atoms with Gasteiger partial charge in [0.2, 0.25) is 6.79 Å². The Balaban J connectivity index is 1.43. The molecule has 0 radical (unpaired) electrons. The fourth-order valence-corrected chi connectivity index (χ4v) is 10.6. The van der Waals surface area contributed by atoms with Gasteiger partial charge in [-0.3, -0.25) is 19.4 Å². The molecule has 0 amide bonds. The van der Waals surface area contributed by atoms with Crippen LogP contribution in [-0.4, -0.2) is 95.7 Å². The predicted octanol–water partition coefficient (Wildman–Crippen LogP) is 2.95. The number of carbonyl (C=O) groups is 2. The highest BCUT2D eigenvalue weighted by atomic mass is 32.2. The fourth-order valence-electron chi connectivity index (χ4n) is 9.05. The number of phenols is 1. The fraction of sp³-hybridized carbons (Fsp3) is 0.588. The van der Waals surface area contributed by atoms with Gasteiger partial charge in [-0.05, 0) is 51.4 Å². The van der Waals surface area contributed by atoms with Crippen molar-refractivity contribution < 1.29 is 43.5 Å². The molecule has 1 spiro atoms. The number of nitrogens with zero attached hydrogens (tertiary/aromatic N) is 2. The molecule has 12 nitrogen and oxygen atoms in total. The molecule has 6 aliphatic heterocycles. The number of carbonyl (C=O) groups excluding carboxylic acids is 2. The molecule has 6 heterocycles. The van der Waals surface area contributed by atoms with E-state index in [1.165, 1.54) is 6.92 Å². The summed E-state index contributed by atoms with van der Waals surface area (Å²) in [6.45, 7) is 7.85. The molecular formula is C34H41N3O9S. The number of thioether (sulfide) groups is 1. The first kappa shape index (κ1) is 31.1. The van der Waals surface area contributed by atoms with E-state index >= 15 is 0 Å². The third-order valence-electron chi connectivity index (χ3n) is 11.0. The molecule has 8 atom stereocenters. The number of likely N-dealkylation sites (N-methyl/N-ethyl adjacent to an activating group) is 1. The summed E-state index contributed by atoms with van der Waals surface area (Å²) in [5.41, 5.74) is 3.74. The third kappa shape index (κ3) is 4.16. The maximum Gasteiger partial charge on any atom is 0.324 e. The van der Waals surface area contributed by atoms with Crippen molar-refractivity contribution in [3.8, 4) is 28.7 Å². The maximum absolute atomic E-state index is 13.7. The van der Waals surface area contributed by atoms with Gasteiger partial charge in [-0.2, -0.15) is 0 Å². The SMILES string of the molecule is CCCN[C@H]1CS[C@@H]2c3c(OC(C)=O)c(C)c4c(c3C3(CC3OC1=O)N1C2[C@H]2c3c(cc(C)c(OC)c3O)C[C@@H]([C@@H]1O)N2C)OCO4. The topological polar surface area (TPSA) is 139 Å². The smallest absolute Gasteiger partial charge is 0.324 e. The lowest BCUT2D eigenvalue weighted by Crippen LogP contribution is -2.71. The van der Waals surface area contributed by atoms with Crippen LogP contribution in [0, 0.1) is 13.8 Å². The van der Waals surface area contributed by atoms with Crippen LogP contribution in [0.3, 0.4) is 0 Å². The number of aromatic hydroxyl groups is 1. The van der Waals surface area contributed by atoms with Crippen molar-refractivity contribution in [2.24, 2.45) is 0 Å². The first-order chi connectivity index (χ1) is 22.5. The number of aliphatic hydroxyl groups is 1. The van der Waals surface area contributed by atoms with Crippen LogP contribution in [-0.2, 0) is 26.3 Å². The number of esters is 2. The summed E-state index contributed by atoms with van der Waals surface area (Å²) in [6, 6.07) is 0.347. The Morgan fingerprint density at radius 3 is 2.70 bits per heavy atom. The molecular weight excluding hydrogens is 626 g/mol. The number of hydrogen-bond donors (Lipinski definition) is 3. The molecule has 13 heteroatoms. The summed E-state index contributed by atoms with van der Waals surface area (Å²) in [4.78, 5) is 30.7. The molecule has 4 bridgehead atoms. The number of rotatable bonds is 5. The summed E-state index contributed by atoms with van der Waals surface area (Å²) in [5, 5.41) is 27.3. The van der Waals surface area contributed by atoms with E-state index in [1.54, 1.807) is 18.9 Å². The van der Waals surface area contributed by atoms with Crippen LogP contribution in [0.4, 0.5) is 0 Å². The lowest BCUT2D eigenvalue weighted by Gasteiger charge is -2.62. The van der Waals surface area contributed by atoms with Crippen molar-refractivity contribution in [1.29, 1.82) is 0 Å². The number of piperazine rings is 1. The molecule has 1 saturated carbocycles. The number of benzene rings is 2. The zero-order valence-corrected chi connectivity index (χ0v) is 28.2. The van der Waals surface area contributed by atoms with Gasteiger partial charge in [0.05, 0.1) is 30.0 Å². The van der Waals surface area contributed by atoms with E-state index in [1.807, 2.05) is 27.8 Å². The second-order valence-electron chi connectivity index (χ2n) is 13.6. The number of hydrogen-bond acceptors (Lipinski definition) is 13. The predicted molar refractivity (Wildman–Crippen MR) is 171 cm³/mol. The highest BCUT2D eigenvalue weighted by Crippen LogP contribution is 2.71. The van der Waals surface area contributed by atoms with Gasteiger partial charge in [-0.1, -0.05) is 13.0 Å². The van der Waals surface area contributed by atoms with Gasteiger partial charge in [-0.25, -0.2) is 0 Å². The van der Waals surface area contributed by atoms with Gasteiger partial charge >= 0.3 is 11.9 Å². The highest BCUT2D eigenvalue weighted by molar-refractivity contribution is 7.99. The Morgan fingerprint density at radius 1 is 1.21 bits per heavy atom.